The van der Waals surface area contributed by atoms with Gasteiger partial charge < -0.3 is 10.1 Å². The van der Waals surface area contributed by atoms with E-state index in [1.54, 1.807) is 42.3 Å². The molecular formula is C15H13N3O2. The molecule has 5 heteroatoms. The van der Waals surface area contributed by atoms with Crippen LogP contribution in [0.15, 0.2) is 55.0 Å². The first kappa shape index (κ1) is 12.2. The van der Waals surface area contributed by atoms with E-state index < -0.39 is 0 Å². The number of hydrogen-bond donors (Lipinski definition) is 1. The third-order valence-corrected chi connectivity index (χ3v) is 2.98. The van der Waals surface area contributed by atoms with Gasteiger partial charge in [0.1, 0.15) is 11.5 Å². The molecule has 20 heavy (non-hydrogen) atoms. The fraction of sp³-hybridized carbons (Fsp3) is 0.0667. The average molecular weight is 267 g/mol. The number of carbonyl (C=O) groups is 1. The largest absolute Gasteiger partial charge is 0.457 e. The van der Waals surface area contributed by atoms with E-state index in [1.165, 1.54) is 0 Å². The molecule has 0 aliphatic rings. The van der Waals surface area contributed by atoms with E-state index in [0.29, 0.717) is 0 Å². The molecule has 0 saturated heterocycles. The molecule has 0 saturated carbocycles. The number of nitrogens with one attached hydrogen (secondary N) is 1. The van der Waals surface area contributed by atoms with Crippen molar-refractivity contribution in [3.8, 4) is 11.5 Å². The van der Waals surface area contributed by atoms with E-state index in [0.717, 1.165) is 22.4 Å². The van der Waals surface area contributed by atoms with Crippen molar-refractivity contribution < 1.29 is 9.53 Å². The van der Waals surface area contributed by atoms with Crippen molar-refractivity contribution in [1.29, 1.82) is 0 Å². The van der Waals surface area contributed by atoms with Crippen LogP contribution in [0.3, 0.4) is 0 Å². The van der Waals surface area contributed by atoms with Gasteiger partial charge in [-0.1, -0.05) is 0 Å². The minimum absolute atomic E-state index is 0.164. The van der Waals surface area contributed by atoms with Crippen molar-refractivity contribution in [3.05, 3.63) is 55.0 Å². The molecule has 0 bridgehead atoms. The first-order valence-corrected chi connectivity index (χ1v) is 6.19. The second-order valence-corrected chi connectivity index (χ2v) is 4.25. The zero-order valence-electron chi connectivity index (χ0n) is 10.9. The summed E-state index contributed by atoms with van der Waals surface area (Å²) < 4.78 is 7.29. The average Bonchev–Trinajstić information content (AvgIpc) is 2.90. The number of hydrogen-bond acceptors (Lipinski definition) is 3. The zero-order chi connectivity index (χ0) is 13.9. The standard InChI is InChI=1S/C15H13N3O2/c1-16-15(19)18-9-6-11-10-13(2-3-14(11)18)20-12-4-7-17-8-5-12/h2-10H,1H3,(H,16,19). The van der Waals surface area contributed by atoms with E-state index in [9.17, 15) is 4.79 Å². The quantitative estimate of drug-likeness (QED) is 0.776. The van der Waals surface area contributed by atoms with Crippen molar-refractivity contribution >= 4 is 16.9 Å². The number of fused-ring (bicyclic) bond motifs is 1. The molecule has 0 aliphatic heterocycles. The highest BCUT2D eigenvalue weighted by Gasteiger charge is 2.08. The van der Waals surface area contributed by atoms with E-state index >= 15 is 0 Å². The molecule has 0 unspecified atom stereocenters. The van der Waals surface area contributed by atoms with Crippen LogP contribution in [0.1, 0.15) is 0 Å². The summed E-state index contributed by atoms with van der Waals surface area (Å²) in [5.74, 6) is 1.45. The van der Waals surface area contributed by atoms with Gasteiger partial charge in [0.25, 0.3) is 0 Å². The Morgan fingerprint density at radius 3 is 2.70 bits per heavy atom. The van der Waals surface area contributed by atoms with Crippen LogP contribution in [0.4, 0.5) is 4.79 Å². The second-order valence-electron chi connectivity index (χ2n) is 4.25. The van der Waals surface area contributed by atoms with Gasteiger partial charge in [0.05, 0.1) is 5.52 Å². The Kier molecular flexibility index (Phi) is 3.09. The summed E-state index contributed by atoms with van der Waals surface area (Å²) in [7, 11) is 1.61. The molecule has 3 rings (SSSR count). The summed E-state index contributed by atoms with van der Waals surface area (Å²) in [5, 5.41) is 3.54. The molecule has 0 atom stereocenters. The van der Waals surface area contributed by atoms with E-state index in [4.69, 9.17) is 4.74 Å². The predicted molar refractivity (Wildman–Crippen MR) is 76.1 cm³/mol. The lowest BCUT2D eigenvalue weighted by Gasteiger charge is -2.06. The molecule has 1 aromatic carbocycles. The van der Waals surface area contributed by atoms with Crippen LogP contribution in [0.5, 0.6) is 11.5 Å². The van der Waals surface area contributed by atoms with Crippen LogP contribution in [0, 0.1) is 0 Å². The molecule has 2 aromatic heterocycles. The lowest BCUT2D eigenvalue weighted by molar-refractivity contribution is 0.245. The van der Waals surface area contributed by atoms with Crippen LogP contribution in [-0.4, -0.2) is 22.6 Å². The number of aromatic nitrogens is 2. The summed E-state index contributed by atoms with van der Waals surface area (Å²) >= 11 is 0. The van der Waals surface area contributed by atoms with Crippen molar-refractivity contribution in [2.24, 2.45) is 0 Å². The van der Waals surface area contributed by atoms with Crippen LogP contribution < -0.4 is 10.1 Å². The molecule has 5 nitrogen and oxygen atoms in total. The molecule has 2 heterocycles. The third kappa shape index (κ3) is 2.21. The Bertz CT molecular complexity index is 750. The van der Waals surface area contributed by atoms with E-state index in [2.05, 4.69) is 10.3 Å². The predicted octanol–water partition coefficient (Wildman–Crippen LogP) is 3.02. The summed E-state index contributed by atoms with van der Waals surface area (Å²) in [6.45, 7) is 0. The van der Waals surface area contributed by atoms with Gasteiger partial charge in [-0.3, -0.25) is 9.55 Å². The Labute approximate surface area is 115 Å². The van der Waals surface area contributed by atoms with Gasteiger partial charge in [0.15, 0.2) is 0 Å². The van der Waals surface area contributed by atoms with Gasteiger partial charge in [0.2, 0.25) is 0 Å². The Morgan fingerprint density at radius 2 is 1.95 bits per heavy atom. The maximum absolute atomic E-state index is 11.7. The maximum Gasteiger partial charge on any atom is 0.325 e. The molecule has 0 aliphatic carbocycles. The number of rotatable bonds is 2. The minimum Gasteiger partial charge on any atom is -0.457 e. The summed E-state index contributed by atoms with van der Waals surface area (Å²) in [6.07, 6.45) is 5.09. The normalized spacial score (nSPS) is 10.4. The third-order valence-electron chi connectivity index (χ3n) is 2.98. The molecule has 1 N–H and O–H groups in total. The summed E-state index contributed by atoms with van der Waals surface area (Å²) in [4.78, 5) is 15.6. The highest BCUT2D eigenvalue weighted by atomic mass is 16.5. The van der Waals surface area contributed by atoms with Gasteiger partial charge in [-0.2, -0.15) is 0 Å². The van der Waals surface area contributed by atoms with Gasteiger partial charge in [-0.25, -0.2) is 4.79 Å². The molecule has 0 spiro atoms. The van der Waals surface area contributed by atoms with E-state index in [-0.39, 0.29) is 6.03 Å². The molecule has 0 fully saturated rings. The number of benzene rings is 1. The van der Waals surface area contributed by atoms with Crippen molar-refractivity contribution in [2.45, 2.75) is 0 Å². The summed E-state index contributed by atoms with van der Waals surface area (Å²) in [6, 6.07) is 10.9. The molecule has 0 radical (unpaired) electrons. The topological polar surface area (TPSA) is 56.2 Å². The zero-order valence-corrected chi connectivity index (χ0v) is 10.9. The Balaban J connectivity index is 1.94. The number of pyridine rings is 1. The Hall–Kier alpha value is -2.82. The lowest BCUT2D eigenvalue weighted by Crippen LogP contribution is -2.23. The van der Waals surface area contributed by atoms with Gasteiger partial charge in [-0.15, -0.1) is 0 Å². The number of amides is 1. The first-order valence-electron chi connectivity index (χ1n) is 6.19. The highest BCUT2D eigenvalue weighted by molar-refractivity contribution is 5.92. The van der Waals surface area contributed by atoms with Crippen molar-refractivity contribution in [1.82, 2.24) is 14.9 Å². The number of ether oxygens (including phenoxy) is 1. The Morgan fingerprint density at radius 1 is 1.15 bits per heavy atom. The number of nitrogens with zero attached hydrogens (tertiary/aromatic N) is 2. The lowest BCUT2D eigenvalue weighted by atomic mass is 10.2. The minimum atomic E-state index is -0.164. The van der Waals surface area contributed by atoms with E-state index in [1.807, 2.05) is 24.3 Å². The summed E-state index contributed by atoms with van der Waals surface area (Å²) in [5.41, 5.74) is 0.839. The van der Waals surface area contributed by atoms with Crippen LogP contribution in [0.25, 0.3) is 10.9 Å². The fourth-order valence-corrected chi connectivity index (χ4v) is 2.02. The SMILES string of the molecule is CNC(=O)n1ccc2cc(Oc3ccncc3)ccc21. The van der Waals surface area contributed by atoms with Gasteiger partial charge in [0, 0.05) is 31.0 Å². The molecule has 1 amide bonds. The molecular weight excluding hydrogens is 254 g/mol. The van der Waals surface area contributed by atoms with Crippen LogP contribution in [-0.2, 0) is 0 Å². The van der Waals surface area contributed by atoms with Crippen LogP contribution in [0.2, 0.25) is 0 Å². The second kappa shape index (κ2) is 5.05. The van der Waals surface area contributed by atoms with Crippen molar-refractivity contribution in [3.63, 3.8) is 0 Å². The molecule has 3 aromatic rings. The first-order chi connectivity index (χ1) is 9.78. The molecule has 100 valence electrons. The monoisotopic (exact) mass is 267 g/mol. The van der Waals surface area contributed by atoms with Gasteiger partial charge >= 0.3 is 6.03 Å². The highest BCUT2D eigenvalue weighted by Crippen LogP contribution is 2.25. The maximum atomic E-state index is 11.7. The van der Waals surface area contributed by atoms with Crippen LogP contribution >= 0.6 is 0 Å². The fourth-order valence-electron chi connectivity index (χ4n) is 2.02. The smallest absolute Gasteiger partial charge is 0.325 e. The number of carbonyl (C=O) groups excluding carboxylic acids is 1. The van der Waals surface area contributed by atoms with Gasteiger partial charge in [-0.05, 0) is 36.4 Å². The van der Waals surface area contributed by atoms with Crippen molar-refractivity contribution in [2.75, 3.05) is 7.05 Å².